The monoisotopic (exact) mass is 389 g/mol. The highest BCUT2D eigenvalue weighted by molar-refractivity contribution is 5.94. The van der Waals surface area contributed by atoms with E-state index in [-0.39, 0.29) is 18.0 Å². The van der Waals surface area contributed by atoms with Gasteiger partial charge in [0.25, 0.3) is 5.91 Å². The van der Waals surface area contributed by atoms with Crippen LogP contribution in [0.2, 0.25) is 0 Å². The standard InChI is InChI=1S/C22H35N3O3/c1-6-24(7-2)16-17-8-10-18(11-9-17)20(26)23-19-12-14-25(15-13-19)21(27)28-22(3,4)5/h8-11,19H,6-7,12-16H2,1-5H3,(H,23,26). The summed E-state index contributed by atoms with van der Waals surface area (Å²) in [5.41, 5.74) is 1.41. The molecule has 6 heteroatoms. The van der Waals surface area contributed by atoms with Crippen LogP contribution in [0.25, 0.3) is 0 Å². The fourth-order valence-corrected chi connectivity index (χ4v) is 3.27. The van der Waals surface area contributed by atoms with Crippen molar-refractivity contribution in [3.05, 3.63) is 35.4 Å². The number of benzene rings is 1. The van der Waals surface area contributed by atoms with E-state index >= 15 is 0 Å². The maximum absolute atomic E-state index is 12.5. The van der Waals surface area contributed by atoms with E-state index in [1.807, 2.05) is 45.0 Å². The Morgan fingerprint density at radius 3 is 2.18 bits per heavy atom. The molecule has 6 nitrogen and oxygen atoms in total. The number of hydrogen-bond acceptors (Lipinski definition) is 4. The second-order valence-corrected chi connectivity index (χ2v) is 8.37. The van der Waals surface area contributed by atoms with Crippen LogP contribution in [-0.2, 0) is 11.3 Å². The van der Waals surface area contributed by atoms with Gasteiger partial charge in [-0.3, -0.25) is 9.69 Å². The third-order valence-electron chi connectivity index (χ3n) is 5.00. The summed E-state index contributed by atoms with van der Waals surface area (Å²) in [4.78, 5) is 28.7. The summed E-state index contributed by atoms with van der Waals surface area (Å²) in [6.07, 6.45) is 1.21. The second kappa shape index (κ2) is 9.92. The van der Waals surface area contributed by atoms with Crippen LogP contribution in [0.5, 0.6) is 0 Å². The van der Waals surface area contributed by atoms with E-state index in [4.69, 9.17) is 4.74 Å². The minimum atomic E-state index is -0.487. The predicted octanol–water partition coefficient (Wildman–Crippen LogP) is 3.66. The van der Waals surface area contributed by atoms with Gasteiger partial charge in [-0.05, 0) is 64.4 Å². The van der Waals surface area contributed by atoms with E-state index < -0.39 is 5.60 Å². The average molecular weight is 390 g/mol. The number of carbonyl (C=O) groups excluding carboxylic acids is 2. The molecule has 1 aliphatic heterocycles. The summed E-state index contributed by atoms with van der Waals surface area (Å²) >= 11 is 0. The summed E-state index contributed by atoms with van der Waals surface area (Å²) in [6, 6.07) is 7.92. The number of ether oxygens (including phenoxy) is 1. The molecule has 0 saturated carbocycles. The Morgan fingerprint density at radius 1 is 1.11 bits per heavy atom. The lowest BCUT2D eigenvalue weighted by Gasteiger charge is -2.33. The molecule has 0 unspecified atom stereocenters. The summed E-state index contributed by atoms with van der Waals surface area (Å²) in [7, 11) is 0. The van der Waals surface area contributed by atoms with Crippen LogP contribution in [0.3, 0.4) is 0 Å². The topological polar surface area (TPSA) is 61.9 Å². The van der Waals surface area contributed by atoms with E-state index in [9.17, 15) is 9.59 Å². The average Bonchev–Trinajstić information content (AvgIpc) is 2.65. The van der Waals surface area contributed by atoms with Crippen LogP contribution < -0.4 is 5.32 Å². The number of rotatable bonds is 6. The molecule has 2 amide bonds. The Morgan fingerprint density at radius 2 is 1.68 bits per heavy atom. The van der Waals surface area contributed by atoms with Gasteiger partial charge in [-0.1, -0.05) is 26.0 Å². The molecule has 0 radical (unpaired) electrons. The third kappa shape index (κ3) is 6.82. The maximum atomic E-state index is 12.5. The fourth-order valence-electron chi connectivity index (χ4n) is 3.27. The molecule has 0 aromatic heterocycles. The molecule has 28 heavy (non-hydrogen) atoms. The molecule has 2 rings (SSSR count). The molecule has 1 saturated heterocycles. The molecule has 1 aromatic carbocycles. The first-order chi connectivity index (χ1) is 13.2. The van der Waals surface area contributed by atoms with Crippen LogP contribution >= 0.6 is 0 Å². The minimum absolute atomic E-state index is 0.0508. The first-order valence-corrected chi connectivity index (χ1v) is 10.3. The van der Waals surface area contributed by atoms with Crippen molar-refractivity contribution in [1.29, 1.82) is 0 Å². The lowest BCUT2D eigenvalue weighted by atomic mass is 10.0. The summed E-state index contributed by atoms with van der Waals surface area (Å²) in [6.45, 7) is 14.0. The van der Waals surface area contributed by atoms with Gasteiger partial charge >= 0.3 is 6.09 Å². The number of nitrogens with zero attached hydrogens (tertiary/aromatic N) is 2. The first-order valence-electron chi connectivity index (χ1n) is 10.3. The molecule has 1 fully saturated rings. The van der Waals surface area contributed by atoms with Crippen molar-refractivity contribution in [2.75, 3.05) is 26.2 Å². The van der Waals surface area contributed by atoms with E-state index in [1.165, 1.54) is 5.56 Å². The molecule has 0 aliphatic carbocycles. The Balaban J connectivity index is 1.81. The Hall–Kier alpha value is -2.08. The molecule has 0 atom stereocenters. The lowest BCUT2D eigenvalue weighted by molar-refractivity contribution is 0.0199. The van der Waals surface area contributed by atoms with E-state index in [0.29, 0.717) is 18.7 Å². The molecule has 156 valence electrons. The van der Waals surface area contributed by atoms with Crippen molar-refractivity contribution >= 4 is 12.0 Å². The maximum Gasteiger partial charge on any atom is 0.410 e. The van der Waals surface area contributed by atoms with Crippen molar-refractivity contribution in [3.8, 4) is 0 Å². The van der Waals surface area contributed by atoms with Crippen molar-refractivity contribution in [2.24, 2.45) is 0 Å². The van der Waals surface area contributed by atoms with Gasteiger partial charge in [0.15, 0.2) is 0 Å². The van der Waals surface area contributed by atoms with E-state index in [2.05, 4.69) is 24.1 Å². The molecule has 0 bridgehead atoms. The van der Waals surface area contributed by atoms with Crippen molar-refractivity contribution in [3.63, 3.8) is 0 Å². The number of piperidine rings is 1. The number of carbonyl (C=O) groups is 2. The zero-order chi connectivity index (χ0) is 20.7. The van der Waals surface area contributed by atoms with Crippen molar-refractivity contribution in [2.45, 2.75) is 65.6 Å². The van der Waals surface area contributed by atoms with Crippen LogP contribution in [0.1, 0.15) is 63.4 Å². The van der Waals surface area contributed by atoms with Gasteiger partial charge < -0.3 is 15.0 Å². The molecular formula is C22H35N3O3. The summed E-state index contributed by atoms with van der Waals surface area (Å²) < 4.78 is 5.41. The highest BCUT2D eigenvalue weighted by Crippen LogP contribution is 2.16. The number of amides is 2. The zero-order valence-electron chi connectivity index (χ0n) is 18.0. The lowest BCUT2D eigenvalue weighted by Crippen LogP contribution is -2.47. The van der Waals surface area contributed by atoms with Gasteiger partial charge in [-0.15, -0.1) is 0 Å². The van der Waals surface area contributed by atoms with Crippen LogP contribution in [0.15, 0.2) is 24.3 Å². The minimum Gasteiger partial charge on any atom is -0.444 e. The number of likely N-dealkylation sites (tertiary alicyclic amines) is 1. The van der Waals surface area contributed by atoms with E-state index in [0.717, 1.165) is 32.5 Å². The third-order valence-corrected chi connectivity index (χ3v) is 5.00. The normalized spacial score (nSPS) is 15.6. The predicted molar refractivity (Wildman–Crippen MR) is 111 cm³/mol. The number of hydrogen-bond donors (Lipinski definition) is 1. The van der Waals surface area contributed by atoms with Gasteiger partial charge in [-0.25, -0.2) is 4.79 Å². The quantitative estimate of drug-likeness (QED) is 0.807. The Bertz CT molecular complexity index is 640. The first kappa shape index (κ1) is 22.2. The molecule has 0 spiro atoms. The number of nitrogens with one attached hydrogen (secondary N) is 1. The Labute approximate surface area is 169 Å². The van der Waals surface area contributed by atoms with Crippen LogP contribution in [0, 0.1) is 0 Å². The van der Waals surface area contributed by atoms with Crippen molar-refractivity contribution < 1.29 is 14.3 Å². The molecule has 1 N–H and O–H groups in total. The van der Waals surface area contributed by atoms with E-state index in [1.54, 1.807) is 4.90 Å². The van der Waals surface area contributed by atoms with Gasteiger partial charge in [0.05, 0.1) is 0 Å². The molecule has 1 aliphatic rings. The smallest absolute Gasteiger partial charge is 0.410 e. The van der Waals surface area contributed by atoms with Gasteiger partial charge in [-0.2, -0.15) is 0 Å². The summed E-state index contributed by atoms with van der Waals surface area (Å²) in [5.74, 6) is -0.0508. The van der Waals surface area contributed by atoms with Crippen LogP contribution in [-0.4, -0.2) is 59.6 Å². The Kier molecular flexibility index (Phi) is 7.87. The second-order valence-electron chi connectivity index (χ2n) is 8.37. The highest BCUT2D eigenvalue weighted by Gasteiger charge is 2.27. The molecular weight excluding hydrogens is 354 g/mol. The molecule has 1 aromatic rings. The van der Waals surface area contributed by atoms with Crippen molar-refractivity contribution in [1.82, 2.24) is 15.1 Å². The SMILES string of the molecule is CCN(CC)Cc1ccc(C(=O)NC2CCN(C(=O)OC(C)(C)C)CC2)cc1. The fraction of sp³-hybridized carbons (Fsp3) is 0.636. The largest absolute Gasteiger partial charge is 0.444 e. The van der Waals surface area contributed by atoms with Gasteiger partial charge in [0.2, 0.25) is 0 Å². The molecule has 1 heterocycles. The summed E-state index contributed by atoms with van der Waals surface area (Å²) in [5, 5.41) is 3.10. The van der Waals surface area contributed by atoms with Gasteiger partial charge in [0, 0.05) is 31.2 Å². The van der Waals surface area contributed by atoms with Crippen LogP contribution in [0.4, 0.5) is 4.79 Å². The highest BCUT2D eigenvalue weighted by atomic mass is 16.6. The van der Waals surface area contributed by atoms with Gasteiger partial charge in [0.1, 0.15) is 5.60 Å². The zero-order valence-corrected chi connectivity index (χ0v) is 18.0.